The van der Waals surface area contributed by atoms with Gasteiger partial charge < -0.3 is 9.88 Å². The molecule has 6 nitrogen and oxygen atoms in total. The van der Waals surface area contributed by atoms with Crippen LogP contribution in [0, 0.1) is 12.8 Å². The highest BCUT2D eigenvalue weighted by molar-refractivity contribution is 7.91. The summed E-state index contributed by atoms with van der Waals surface area (Å²) in [4.78, 5) is 15.9. The van der Waals surface area contributed by atoms with Crippen LogP contribution in [-0.4, -0.2) is 44.0 Å². The van der Waals surface area contributed by atoms with Gasteiger partial charge >= 0.3 is 4.87 Å². The fourth-order valence-corrected chi connectivity index (χ4v) is 6.09. The monoisotopic (exact) mass is 331 g/mol. The number of sulfonamides is 1. The predicted molar refractivity (Wildman–Crippen MR) is 82.2 cm³/mol. The maximum absolute atomic E-state index is 12.3. The molecule has 0 radical (unpaired) electrons. The van der Waals surface area contributed by atoms with Crippen LogP contribution in [0.1, 0.15) is 31.4 Å². The molecule has 2 N–H and O–H groups in total. The van der Waals surface area contributed by atoms with Crippen molar-refractivity contribution in [2.24, 2.45) is 5.92 Å². The topological polar surface area (TPSA) is 82.3 Å². The maximum Gasteiger partial charge on any atom is 0.305 e. The summed E-state index contributed by atoms with van der Waals surface area (Å²) >= 11 is 0.752. The SMILES string of the molecule is Cc1[nH]c(=O)sc1S(=O)(=O)NCC1CC2CCC(C1)N2C. The lowest BCUT2D eigenvalue weighted by molar-refractivity contribution is 0.135. The van der Waals surface area contributed by atoms with E-state index >= 15 is 0 Å². The van der Waals surface area contributed by atoms with E-state index < -0.39 is 10.0 Å². The smallest absolute Gasteiger partial charge is 0.305 e. The van der Waals surface area contributed by atoms with Crippen molar-refractivity contribution in [1.82, 2.24) is 14.6 Å². The first-order valence-corrected chi connectivity index (χ1v) is 9.58. The van der Waals surface area contributed by atoms with Crippen molar-refractivity contribution < 1.29 is 8.42 Å². The van der Waals surface area contributed by atoms with Crippen LogP contribution < -0.4 is 9.60 Å². The molecule has 0 saturated carbocycles. The third-order valence-corrected chi connectivity index (χ3v) is 7.81. The third-order valence-electron chi connectivity index (χ3n) is 4.78. The first-order valence-electron chi connectivity index (χ1n) is 7.28. The average molecular weight is 331 g/mol. The molecule has 2 atom stereocenters. The molecule has 2 bridgehead atoms. The molecule has 2 unspecified atom stereocenters. The fourth-order valence-electron chi connectivity index (χ4n) is 3.63. The van der Waals surface area contributed by atoms with Gasteiger partial charge in [-0.2, -0.15) is 0 Å². The van der Waals surface area contributed by atoms with Gasteiger partial charge in [-0.25, -0.2) is 13.1 Å². The summed E-state index contributed by atoms with van der Waals surface area (Å²) < 4.78 is 27.4. The Morgan fingerprint density at radius 1 is 1.33 bits per heavy atom. The summed E-state index contributed by atoms with van der Waals surface area (Å²) in [6.07, 6.45) is 4.56. The highest BCUT2D eigenvalue weighted by Gasteiger charge is 2.38. The number of piperidine rings is 1. The molecule has 1 aromatic rings. The van der Waals surface area contributed by atoms with E-state index in [1.54, 1.807) is 6.92 Å². The number of thiazole rings is 1. The predicted octanol–water partition coefficient (Wildman–Crippen LogP) is 0.896. The summed E-state index contributed by atoms with van der Waals surface area (Å²) in [6, 6.07) is 1.20. The van der Waals surface area contributed by atoms with Crippen LogP contribution in [0.4, 0.5) is 0 Å². The Morgan fingerprint density at radius 2 is 1.95 bits per heavy atom. The van der Waals surface area contributed by atoms with Crippen molar-refractivity contribution in [1.29, 1.82) is 0 Å². The van der Waals surface area contributed by atoms with E-state index in [1.165, 1.54) is 12.8 Å². The number of nitrogens with one attached hydrogen (secondary N) is 2. The highest BCUT2D eigenvalue weighted by Crippen LogP contribution is 2.37. The summed E-state index contributed by atoms with van der Waals surface area (Å²) in [5.41, 5.74) is 0.418. The Bertz CT molecular complexity index is 665. The highest BCUT2D eigenvalue weighted by atomic mass is 32.2. The molecule has 2 saturated heterocycles. The van der Waals surface area contributed by atoms with E-state index in [-0.39, 0.29) is 9.08 Å². The van der Waals surface area contributed by atoms with Crippen LogP contribution in [-0.2, 0) is 10.0 Å². The summed E-state index contributed by atoms with van der Waals surface area (Å²) in [5.74, 6) is 0.393. The lowest BCUT2D eigenvalue weighted by Crippen LogP contribution is -2.43. The summed E-state index contributed by atoms with van der Waals surface area (Å²) in [5, 5.41) is 0. The second-order valence-corrected chi connectivity index (χ2v) is 9.11. The van der Waals surface area contributed by atoms with Gasteiger partial charge in [-0.15, -0.1) is 0 Å². The van der Waals surface area contributed by atoms with Gasteiger partial charge in [0.2, 0.25) is 0 Å². The van der Waals surface area contributed by atoms with E-state index in [0.29, 0.717) is 30.2 Å². The second kappa shape index (κ2) is 5.49. The molecule has 118 valence electrons. The Kier molecular flexibility index (Phi) is 3.98. The molecule has 0 aliphatic carbocycles. The van der Waals surface area contributed by atoms with Gasteiger partial charge in [0.1, 0.15) is 0 Å². The van der Waals surface area contributed by atoms with Gasteiger partial charge in [-0.05, 0) is 45.6 Å². The molecular weight excluding hydrogens is 310 g/mol. The fraction of sp³-hybridized carbons (Fsp3) is 0.769. The lowest BCUT2D eigenvalue weighted by atomic mass is 9.91. The lowest BCUT2D eigenvalue weighted by Gasteiger charge is -2.36. The number of aromatic amines is 1. The molecule has 2 aliphatic rings. The summed E-state index contributed by atoms with van der Waals surface area (Å²) in [6.45, 7) is 2.08. The molecule has 21 heavy (non-hydrogen) atoms. The van der Waals surface area contributed by atoms with E-state index in [9.17, 15) is 13.2 Å². The van der Waals surface area contributed by atoms with Crippen molar-refractivity contribution in [3.63, 3.8) is 0 Å². The van der Waals surface area contributed by atoms with Gasteiger partial charge in [-0.3, -0.25) is 4.79 Å². The zero-order valence-electron chi connectivity index (χ0n) is 12.3. The van der Waals surface area contributed by atoms with Crippen molar-refractivity contribution >= 4 is 21.4 Å². The standard InChI is InChI=1S/C13H21N3O3S2/c1-8-12(20-13(17)15-8)21(18,19)14-7-9-5-10-3-4-11(6-9)16(10)2/h9-11,14H,3-7H2,1-2H3,(H,15,17). The van der Waals surface area contributed by atoms with Gasteiger partial charge in [0.05, 0.1) is 0 Å². The van der Waals surface area contributed by atoms with E-state index in [1.807, 2.05) is 0 Å². The first-order chi connectivity index (χ1) is 9.87. The Hall–Kier alpha value is -0.700. The number of nitrogens with zero attached hydrogens (tertiary/aromatic N) is 1. The van der Waals surface area contributed by atoms with Gasteiger partial charge in [0.15, 0.2) is 4.21 Å². The number of hydrogen-bond acceptors (Lipinski definition) is 5. The van der Waals surface area contributed by atoms with Crippen LogP contribution in [0.25, 0.3) is 0 Å². The van der Waals surface area contributed by atoms with E-state index in [2.05, 4.69) is 21.7 Å². The molecule has 1 aromatic heterocycles. The zero-order valence-corrected chi connectivity index (χ0v) is 13.9. The van der Waals surface area contributed by atoms with E-state index in [0.717, 1.165) is 24.2 Å². The largest absolute Gasteiger partial charge is 0.315 e. The first kappa shape index (κ1) is 15.2. The molecular formula is C13H21N3O3S2. The number of aryl methyl sites for hydroxylation is 1. The van der Waals surface area contributed by atoms with Crippen molar-refractivity contribution in [3.05, 3.63) is 15.4 Å². The number of rotatable bonds is 4. The molecule has 0 spiro atoms. The quantitative estimate of drug-likeness (QED) is 0.859. The minimum Gasteiger partial charge on any atom is -0.315 e. The number of H-pyrrole nitrogens is 1. The molecule has 0 aromatic carbocycles. The number of fused-ring (bicyclic) bond motifs is 2. The maximum atomic E-state index is 12.3. The zero-order chi connectivity index (χ0) is 15.2. The van der Waals surface area contributed by atoms with Gasteiger partial charge in [0.25, 0.3) is 10.0 Å². The molecule has 3 heterocycles. The van der Waals surface area contributed by atoms with Crippen LogP contribution in [0.3, 0.4) is 0 Å². The van der Waals surface area contributed by atoms with Gasteiger partial charge in [0, 0.05) is 24.3 Å². The number of aromatic nitrogens is 1. The van der Waals surface area contributed by atoms with Crippen molar-refractivity contribution in [3.8, 4) is 0 Å². The van der Waals surface area contributed by atoms with Crippen molar-refractivity contribution in [2.45, 2.75) is 48.9 Å². The summed E-state index contributed by atoms with van der Waals surface area (Å²) in [7, 11) is -1.40. The van der Waals surface area contributed by atoms with Crippen molar-refractivity contribution in [2.75, 3.05) is 13.6 Å². The van der Waals surface area contributed by atoms with Crippen LogP contribution in [0.2, 0.25) is 0 Å². The Morgan fingerprint density at radius 3 is 2.48 bits per heavy atom. The van der Waals surface area contributed by atoms with Crippen LogP contribution in [0.15, 0.2) is 9.00 Å². The second-order valence-electron chi connectivity index (χ2n) is 6.17. The number of hydrogen-bond donors (Lipinski definition) is 2. The molecule has 2 fully saturated rings. The molecule has 0 amide bonds. The van der Waals surface area contributed by atoms with Crippen LogP contribution in [0.5, 0.6) is 0 Å². The minimum atomic E-state index is -3.57. The van der Waals surface area contributed by atoms with Gasteiger partial charge in [-0.1, -0.05) is 11.3 Å². The third kappa shape index (κ3) is 2.94. The normalized spacial score (nSPS) is 29.9. The minimum absolute atomic E-state index is 0.114. The Labute approximate surface area is 128 Å². The van der Waals surface area contributed by atoms with E-state index in [4.69, 9.17) is 0 Å². The molecule has 8 heteroatoms. The molecule has 2 aliphatic heterocycles. The molecule has 3 rings (SSSR count). The average Bonchev–Trinajstić information content (AvgIpc) is 2.84. The Balaban J connectivity index is 1.65. The van der Waals surface area contributed by atoms with Crippen LogP contribution >= 0.6 is 11.3 Å².